The molecule has 124 valence electrons. The van der Waals surface area contributed by atoms with E-state index in [1.807, 2.05) is 42.5 Å². The van der Waals surface area contributed by atoms with Crippen LogP contribution in [0.2, 0.25) is 0 Å². The van der Waals surface area contributed by atoms with E-state index >= 15 is 0 Å². The lowest BCUT2D eigenvalue weighted by molar-refractivity contribution is 0.0996. The fraction of sp³-hybridized carbons (Fsp3) is 0.105. The van der Waals surface area contributed by atoms with Crippen LogP contribution in [0.4, 0.5) is 5.69 Å². The van der Waals surface area contributed by atoms with Crippen LogP contribution in [0.5, 0.6) is 0 Å². The number of H-pyrrole nitrogens is 1. The Kier molecular flexibility index (Phi) is 3.57. The predicted octanol–water partition coefficient (Wildman–Crippen LogP) is 1.75. The fourth-order valence-corrected chi connectivity index (χ4v) is 3.05. The average molecular weight is 333 g/mol. The summed E-state index contributed by atoms with van der Waals surface area (Å²) in [5.74, 6) is -0.231. The van der Waals surface area contributed by atoms with Crippen molar-refractivity contribution in [3.05, 3.63) is 98.3 Å². The van der Waals surface area contributed by atoms with Gasteiger partial charge in [0.1, 0.15) is 5.69 Å². The number of aromatic nitrogens is 2. The van der Waals surface area contributed by atoms with Crippen molar-refractivity contribution < 1.29 is 4.79 Å². The van der Waals surface area contributed by atoms with Crippen LogP contribution < -0.4 is 16.1 Å². The zero-order chi connectivity index (χ0) is 17.4. The molecule has 3 aromatic rings. The Labute approximate surface area is 143 Å². The SMILES string of the molecule is O=C1c2ccccc2CN1c1c[nH]c(=O)n(Cc2ccccc2)c1=O. The maximum absolute atomic E-state index is 12.8. The molecule has 0 saturated carbocycles. The lowest BCUT2D eigenvalue weighted by Gasteiger charge is -2.16. The molecule has 0 atom stereocenters. The first-order valence-electron chi connectivity index (χ1n) is 7.91. The van der Waals surface area contributed by atoms with Crippen LogP contribution in [0.3, 0.4) is 0 Å². The minimum Gasteiger partial charge on any atom is -0.312 e. The quantitative estimate of drug-likeness (QED) is 0.793. The van der Waals surface area contributed by atoms with Crippen molar-refractivity contribution >= 4 is 11.6 Å². The van der Waals surface area contributed by atoms with E-state index in [0.717, 1.165) is 15.7 Å². The van der Waals surface area contributed by atoms with Gasteiger partial charge in [0.25, 0.3) is 11.5 Å². The maximum Gasteiger partial charge on any atom is 0.328 e. The van der Waals surface area contributed by atoms with Gasteiger partial charge in [-0.15, -0.1) is 0 Å². The number of hydrogen-bond donors (Lipinski definition) is 1. The van der Waals surface area contributed by atoms with Gasteiger partial charge in [-0.1, -0.05) is 48.5 Å². The highest BCUT2D eigenvalue weighted by Gasteiger charge is 2.30. The van der Waals surface area contributed by atoms with Crippen molar-refractivity contribution in [3.8, 4) is 0 Å². The summed E-state index contributed by atoms with van der Waals surface area (Å²) in [6, 6.07) is 16.5. The van der Waals surface area contributed by atoms with Crippen LogP contribution in [-0.2, 0) is 13.1 Å². The summed E-state index contributed by atoms with van der Waals surface area (Å²) >= 11 is 0. The minimum absolute atomic E-state index is 0.151. The highest BCUT2D eigenvalue weighted by Crippen LogP contribution is 2.25. The molecule has 2 heterocycles. The van der Waals surface area contributed by atoms with E-state index in [0.29, 0.717) is 12.1 Å². The number of hydrogen-bond acceptors (Lipinski definition) is 3. The molecule has 1 aromatic heterocycles. The van der Waals surface area contributed by atoms with Crippen LogP contribution in [0, 0.1) is 0 Å². The number of nitrogens with zero attached hydrogens (tertiary/aromatic N) is 2. The third-order valence-electron chi connectivity index (χ3n) is 4.34. The van der Waals surface area contributed by atoms with Crippen molar-refractivity contribution in [2.24, 2.45) is 0 Å². The zero-order valence-electron chi connectivity index (χ0n) is 13.3. The maximum atomic E-state index is 12.8. The number of anilines is 1. The van der Waals surface area contributed by atoms with Gasteiger partial charge in [0.2, 0.25) is 0 Å². The standard InChI is InChI=1S/C19H15N3O3/c23-17-15-9-5-4-8-14(15)12-21(17)16-10-20-19(25)22(18(16)24)11-13-6-2-1-3-7-13/h1-10H,11-12H2,(H,20,25). The van der Waals surface area contributed by atoms with Crippen molar-refractivity contribution in [3.63, 3.8) is 0 Å². The van der Waals surface area contributed by atoms with Crippen LogP contribution in [0.25, 0.3) is 0 Å². The Morgan fingerprint density at radius 1 is 0.920 bits per heavy atom. The average Bonchev–Trinajstić information content (AvgIpc) is 2.97. The summed E-state index contributed by atoms with van der Waals surface area (Å²) in [6.45, 7) is 0.472. The van der Waals surface area contributed by atoms with Gasteiger partial charge in [-0.05, 0) is 17.2 Å². The van der Waals surface area contributed by atoms with Crippen molar-refractivity contribution in [2.45, 2.75) is 13.1 Å². The Morgan fingerprint density at radius 2 is 1.64 bits per heavy atom. The number of carbonyl (C=O) groups is 1. The Morgan fingerprint density at radius 3 is 2.40 bits per heavy atom. The molecule has 2 aromatic carbocycles. The van der Waals surface area contributed by atoms with Gasteiger partial charge in [-0.2, -0.15) is 0 Å². The van der Waals surface area contributed by atoms with Crippen LogP contribution in [-0.4, -0.2) is 15.5 Å². The van der Waals surface area contributed by atoms with Crippen LogP contribution in [0.1, 0.15) is 21.5 Å². The van der Waals surface area contributed by atoms with Gasteiger partial charge < -0.3 is 4.98 Å². The van der Waals surface area contributed by atoms with E-state index in [9.17, 15) is 14.4 Å². The third-order valence-corrected chi connectivity index (χ3v) is 4.34. The van der Waals surface area contributed by atoms with Gasteiger partial charge in [-0.3, -0.25) is 19.1 Å². The molecule has 1 amide bonds. The molecule has 1 aliphatic rings. The number of nitrogens with one attached hydrogen (secondary N) is 1. The molecule has 4 rings (SSSR count). The molecule has 0 bridgehead atoms. The normalized spacial score (nSPS) is 13.1. The molecule has 6 heteroatoms. The van der Waals surface area contributed by atoms with Crippen molar-refractivity contribution in [1.29, 1.82) is 0 Å². The molecule has 0 saturated heterocycles. The molecule has 25 heavy (non-hydrogen) atoms. The van der Waals surface area contributed by atoms with E-state index in [2.05, 4.69) is 4.98 Å². The topological polar surface area (TPSA) is 75.2 Å². The molecule has 6 nitrogen and oxygen atoms in total. The second-order valence-electron chi connectivity index (χ2n) is 5.90. The van der Waals surface area contributed by atoms with E-state index in [4.69, 9.17) is 0 Å². The second-order valence-corrected chi connectivity index (χ2v) is 5.90. The van der Waals surface area contributed by atoms with Gasteiger partial charge in [-0.25, -0.2) is 4.79 Å². The number of fused-ring (bicyclic) bond motifs is 1. The number of carbonyl (C=O) groups excluding carboxylic acids is 1. The minimum atomic E-state index is -0.498. The van der Waals surface area contributed by atoms with E-state index in [1.165, 1.54) is 11.1 Å². The molecule has 0 spiro atoms. The van der Waals surface area contributed by atoms with Crippen molar-refractivity contribution in [2.75, 3.05) is 4.90 Å². The van der Waals surface area contributed by atoms with Crippen molar-refractivity contribution in [1.82, 2.24) is 9.55 Å². The first-order valence-corrected chi connectivity index (χ1v) is 7.91. The number of benzene rings is 2. The number of aromatic amines is 1. The zero-order valence-corrected chi connectivity index (χ0v) is 13.3. The molecule has 1 N–H and O–H groups in total. The second kappa shape index (κ2) is 5.90. The van der Waals surface area contributed by atoms with Gasteiger partial charge in [0.15, 0.2) is 0 Å². The number of rotatable bonds is 3. The Balaban J connectivity index is 1.76. The lowest BCUT2D eigenvalue weighted by atomic mass is 10.1. The molecule has 1 aliphatic heterocycles. The largest absolute Gasteiger partial charge is 0.328 e. The first-order chi connectivity index (χ1) is 12.1. The van der Waals surface area contributed by atoms with Gasteiger partial charge in [0.05, 0.1) is 13.1 Å². The molecule has 0 fully saturated rings. The molecular weight excluding hydrogens is 318 g/mol. The summed E-state index contributed by atoms with van der Waals surface area (Å²) in [5.41, 5.74) is 1.49. The highest BCUT2D eigenvalue weighted by molar-refractivity contribution is 6.09. The summed E-state index contributed by atoms with van der Waals surface area (Å²) in [4.78, 5) is 41.5. The monoisotopic (exact) mass is 333 g/mol. The molecule has 0 aliphatic carbocycles. The molecule has 0 radical (unpaired) electrons. The lowest BCUT2D eigenvalue weighted by Crippen LogP contribution is -2.40. The van der Waals surface area contributed by atoms with E-state index in [-0.39, 0.29) is 18.1 Å². The summed E-state index contributed by atoms with van der Waals surface area (Å²) < 4.78 is 1.11. The van der Waals surface area contributed by atoms with Crippen LogP contribution >= 0.6 is 0 Å². The Bertz CT molecular complexity index is 1070. The van der Waals surface area contributed by atoms with Gasteiger partial charge in [0, 0.05) is 11.8 Å². The van der Waals surface area contributed by atoms with Crippen LogP contribution in [0.15, 0.2) is 70.4 Å². The number of amides is 1. The van der Waals surface area contributed by atoms with Gasteiger partial charge >= 0.3 is 5.69 Å². The molecule has 0 unspecified atom stereocenters. The molecular formula is C19H15N3O3. The van der Waals surface area contributed by atoms with E-state index < -0.39 is 11.2 Å². The highest BCUT2D eigenvalue weighted by atomic mass is 16.2. The fourth-order valence-electron chi connectivity index (χ4n) is 3.05. The summed E-state index contributed by atoms with van der Waals surface area (Å²) in [5, 5.41) is 0. The van der Waals surface area contributed by atoms with E-state index in [1.54, 1.807) is 12.1 Å². The third kappa shape index (κ3) is 2.57. The smallest absolute Gasteiger partial charge is 0.312 e. The summed E-state index contributed by atoms with van der Waals surface area (Å²) in [7, 11) is 0. The Hall–Kier alpha value is -3.41. The predicted molar refractivity (Wildman–Crippen MR) is 93.8 cm³/mol. The first kappa shape index (κ1) is 15.1. The summed E-state index contributed by atoms with van der Waals surface area (Å²) in [6.07, 6.45) is 1.32.